The van der Waals surface area contributed by atoms with Crippen LogP contribution in [0.4, 0.5) is 0 Å². The van der Waals surface area contributed by atoms with E-state index in [1.807, 2.05) is 61.5 Å². The standard InChI is InChI=1S/C18H16N2O3/c1-13-10-17(18(21)22)19-20(13)15-8-5-9-16(11-15)23-12-14-6-3-2-4-7-14/h2-11H,12H2,1H3,(H,21,22). The lowest BCUT2D eigenvalue weighted by molar-refractivity contribution is 0.0690. The summed E-state index contributed by atoms with van der Waals surface area (Å²) in [6.07, 6.45) is 0. The Morgan fingerprint density at radius 3 is 2.61 bits per heavy atom. The monoisotopic (exact) mass is 308 g/mol. The molecule has 3 aromatic rings. The third-order valence-corrected chi connectivity index (χ3v) is 3.42. The Kier molecular flexibility index (Phi) is 4.10. The third-order valence-electron chi connectivity index (χ3n) is 3.42. The summed E-state index contributed by atoms with van der Waals surface area (Å²) in [7, 11) is 0. The molecule has 0 atom stereocenters. The average molecular weight is 308 g/mol. The maximum absolute atomic E-state index is 11.0. The molecule has 23 heavy (non-hydrogen) atoms. The smallest absolute Gasteiger partial charge is 0.356 e. The van der Waals surface area contributed by atoms with Gasteiger partial charge in [-0.15, -0.1) is 0 Å². The molecule has 0 aliphatic rings. The Labute approximate surface area is 133 Å². The van der Waals surface area contributed by atoms with E-state index < -0.39 is 5.97 Å². The molecule has 1 aromatic heterocycles. The van der Waals surface area contributed by atoms with Crippen molar-refractivity contribution >= 4 is 5.97 Å². The molecule has 2 aromatic carbocycles. The molecular weight excluding hydrogens is 292 g/mol. The van der Waals surface area contributed by atoms with Crippen LogP contribution in [0, 0.1) is 6.92 Å². The Bertz CT molecular complexity index is 825. The van der Waals surface area contributed by atoms with Crippen molar-refractivity contribution in [2.45, 2.75) is 13.5 Å². The fraction of sp³-hybridized carbons (Fsp3) is 0.111. The molecule has 0 aliphatic heterocycles. The first-order valence-corrected chi connectivity index (χ1v) is 7.20. The number of rotatable bonds is 5. The summed E-state index contributed by atoms with van der Waals surface area (Å²) in [4.78, 5) is 11.0. The predicted molar refractivity (Wildman–Crippen MR) is 86.0 cm³/mol. The molecule has 0 radical (unpaired) electrons. The summed E-state index contributed by atoms with van der Waals surface area (Å²) in [5, 5.41) is 13.1. The van der Waals surface area contributed by atoms with E-state index in [1.54, 1.807) is 10.7 Å². The molecule has 0 aliphatic carbocycles. The van der Waals surface area contributed by atoms with Crippen molar-refractivity contribution in [3.63, 3.8) is 0 Å². The van der Waals surface area contributed by atoms with Gasteiger partial charge in [0, 0.05) is 11.8 Å². The molecule has 0 saturated carbocycles. The normalized spacial score (nSPS) is 10.5. The molecule has 5 heteroatoms. The summed E-state index contributed by atoms with van der Waals surface area (Å²) < 4.78 is 7.39. The van der Waals surface area contributed by atoms with Gasteiger partial charge in [-0.25, -0.2) is 9.48 Å². The molecule has 0 amide bonds. The van der Waals surface area contributed by atoms with Crippen LogP contribution in [0.1, 0.15) is 21.7 Å². The van der Waals surface area contributed by atoms with E-state index in [1.165, 1.54) is 0 Å². The first kappa shape index (κ1) is 14.8. The van der Waals surface area contributed by atoms with Gasteiger partial charge in [0.2, 0.25) is 0 Å². The highest BCUT2D eigenvalue weighted by Gasteiger charge is 2.12. The van der Waals surface area contributed by atoms with E-state index in [0.29, 0.717) is 12.4 Å². The molecule has 5 nitrogen and oxygen atoms in total. The van der Waals surface area contributed by atoms with Gasteiger partial charge < -0.3 is 9.84 Å². The van der Waals surface area contributed by atoms with Gasteiger partial charge in [0.25, 0.3) is 0 Å². The number of aryl methyl sites for hydroxylation is 1. The second-order valence-electron chi connectivity index (χ2n) is 5.16. The predicted octanol–water partition coefficient (Wildman–Crippen LogP) is 3.46. The van der Waals surface area contributed by atoms with Gasteiger partial charge in [-0.2, -0.15) is 5.10 Å². The fourth-order valence-electron chi connectivity index (χ4n) is 2.29. The number of nitrogens with zero attached hydrogens (tertiary/aromatic N) is 2. The van der Waals surface area contributed by atoms with Gasteiger partial charge in [0.1, 0.15) is 12.4 Å². The van der Waals surface area contributed by atoms with Crippen molar-refractivity contribution in [1.82, 2.24) is 9.78 Å². The maximum atomic E-state index is 11.0. The molecule has 1 N–H and O–H groups in total. The Balaban J connectivity index is 1.81. The lowest BCUT2D eigenvalue weighted by Crippen LogP contribution is -2.03. The van der Waals surface area contributed by atoms with Crippen LogP contribution < -0.4 is 4.74 Å². The maximum Gasteiger partial charge on any atom is 0.356 e. The van der Waals surface area contributed by atoms with Crippen LogP contribution in [0.2, 0.25) is 0 Å². The van der Waals surface area contributed by atoms with Gasteiger partial charge >= 0.3 is 5.97 Å². The summed E-state index contributed by atoms with van der Waals surface area (Å²) >= 11 is 0. The van der Waals surface area contributed by atoms with Crippen molar-refractivity contribution in [1.29, 1.82) is 0 Å². The van der Waals surface area contributed by atoms with Crippen LogP contribution >= 0.6 is 0 Å². The molecule has 0 saturated heterocycles. The molecule has 0 bridgehead atoms. The number of benzene rings is 2. The first-order valence-electron chi connectivity index (χ1n) is 7.20. The van der Waals surface area contributed by atoms with Crippen LogP contribution in [-0.2, 0) is 6.61 Å². The Hall–Kier alpha value is -3.08. The molecule has 1 heterocycles. The first-order chi connectivity index (χ1) is 11.1. The average Bonchev–Trinajstić information content (AvgIpc) is 2.96. The number of ether oxygens (including phenoxy) is 1. The number of hydrogen-bond acceptors (Lipinski definition) is 3. The van der Waals surface area contributed by atoms with Crippen molar-refractivity contribution in [3.8, 4) is 11.4 Å². The Morgan fingerprint density at radius 2 is 1.91 bits per heavy atom. The van der Waals surface area contributed by atoms with Gasteiger partial charge in [-0.3, -0.25) is 0 Å². The number of aromatic nitrogens is 2. The lowest BCUT2D eigenvalue weighted by atomic mass is 10.2. The quantitative estimate of drug-likeness (QED) is 0.784. The lowest BCUT2D eigenvalue weighted by Gasteiger charge is -2.09. The van der Waals surface area contributed by atoms with Crippen molar-refractivity contribution < 1.29 is 14.6 Å². The van der Waals surface area contributed by atoms with Crippen LogP contribution in [0.5, 0.6) is 5.75 Å². The van der Waals surface area contributed by atoms with Crippen molar-refractivity contribution in [2.24, 2.45) is 0 Å². The van der Waals surface area contributed by atoms with Gasteiger partial charge in [0.15, 0.2) is 5.69 Å². The van der Waals surface area contributed by atoms with E-state index in [2.05, 4.69) is 5.10 Å². The number of carboxylic acids is 1. The van der Waals surface area contributed by atoms with Crippen LogP contribution in [0.15, 0.2) is 60.7 Å². The number of aromatic carboxylic acids is 1. The molecule has 0 unspecified atom stereocenters. The minimum atomic E-state index is -1.04. The molecule has 0 spiro atoms. The summed E-state index contributed by atoms with van der Waals surface area (Å²) in [6.45, 7) is 2.29. The largest absolute Gasteiger partial charge is 0.489 e. The third kappa shape index (κ3) is 3.40. The van der Waals surface area contributed by atoms with Gasteiger partial charge in [0.05, 0.1) is 5.69 Å². The van der Waals surface area contributed by atoms with E-state index in [9.17, 15) is 4.79 Å². The van der Waals surface area contributed by atoms with E-state index in [4.69, 9.17) is 9.84 Å². The SMILES string of the molecule is Cc1cc(C(=O)O)nn1-c1cccc(OCc2ccccc2)c1. The van der Waals surface area contributed by atoms with E-state index >= 15 is 0 Å². The van der Waals surface area contributed by atoms with E-state index in [-0.39, 0.29) is 5.69 Å². The second kappa shape index (κ2) is 6.36. The van der Waals surface area contributed by atoms with E-state index in [0.717, 1.165) is 16.9 Å². The molecule has 3 rings (SSSR count). The van der Waals surface area contributed by atoms with Crippen molar-refractivity contribution in [2.75, 3.05) is 0 Å². The van der Waals surface area contributed by atoms with Crippen LogP contribution in [-0.4, -0.2) is 20.9 Å². The number of carboxylic acid groups (broad SMARTS) is 1. The fourth-order valence-corrected chi connectivity index (χ4v) is 2.29. The summed E-state index contributed by atoms with van der Waals surface area (Å²) in [5.74, 6) is -0.332. The zero-order chi connectivity index (χ0) is 16.2. The topological polar surface area (TPSA) is 64.3 Å². The number of hydrogen-bond donors (Lipinski definition) is 1. The Morgan fingerprint density at radius 1 is 1.13 bits per heavy atom. The van der Waals surface area contributed by atoms with Crippen LogP contribution in [0.3, 0.4) is 0 Å². The molecule has 116 valence electrons. The van der Waals surface area contributed by atoms with Gasteiger partial charge in [-0.1, -0.05) is 36.4 Å². The van der Waals surface area contributed by atoms with Crippen LogP contribution in [0.25, 0.3) is 5.69 Å². The number of carbonyl (C=O) groups is 1. The van der Waals surface area contributed by atoms with Gasteiger partial charge in [-0.05, 0) is 30.7 Å². The highest BCUT2D eigenvalue weighted by molar-refractivity contribution is 5.85. The highest BCUT2D eigenvalue weighted by Crippen LogP contribution is 2.19. The zero-order valence-electron chi connectivity index (χ0n) is 12.6. The minimum absolute atomic E-state index is 0.0260. The molecule has 0 fully saturated rings. The van der Waals surface area contributed by atoms with Crippen molar-refractivity contribution in [3.05, 3.63) is 77.6 Å². The zero-order valence-corrected chi connectivity index (χ0v) is 12.6. The highest BCUT2D eigenvalue weighted by atomic mass is 16.5. The summed E-state index contributed by atoms with van der Waals surface area (Å²) in [6, 6.07) is 18.9. The molecular formula is C18H16N2O3. The second-order valence-corrected chi connectivity index (χ2v) is 5.16. The minimum Gasteiger partial charge on any atom is -0.489 e. The summed E-state index contributed by atoms with van der Waals surface area (Å²) in [5.41, 5.74) is 2.63.